The summed E-state index contributed by atoms with van der Waals surface area (Å²) in [6.07, 6.45) is 4.90. The molecule has 3 heterocycles. The monoisotopic (exact) mass is 272 g/mol. The number of rotatable bonds is 2. The molecule has 0 bridgehead atoms. The third kappa shape index (κ3) is 2.06. The van der Waals surface area contributed by atoms with Crippen molar-refractivity contribution < 1.29 is 4.74 Å². The van der Waals surface area contributed by atoms with Crippen LogP contribution in [0.2, 0.25) is 0 Å². The van der Waals surface area contributed by atoms with E-state index >= 15 is 0 Å². The first-order chi connectivity index (χ1) is 9.70. The van der Waals surface area contributed by atoms with E-state index in [1.54, 1.807) is 6.33 Å². The van der Waals surface area contributed by atoms with E-state index in [2.05, 4.69) is 41.0 Å². The second-order valence-corrected chi connectivity index (χ2v) is 6.15. The maximum atomic E-state index is 6.10. The second-order valence-electron chi connectivity index (χ2n) is 6.15. The van der Waals surface area contributed by atoms with Crippen molar-refractivity contribution in [3.63, 3.8) is 0 Å². The standard InChI is InChI=1S/C15H20N4O/c1-10-5-14-16-9-17-19(14)15(6-10)18-7-11(2)20-13(8-18)12-3-4-12/h5-6,9,11-13H,3-4,7-8H2,1-2H3/t11-,13+/m1/s1. The van der Waals surface area contributed by atoms with Crippen LogP contribution in [0.15, 0.2) is 18.5 Å². The SMILES string of the molecule is Cc1cc(N2C[C@@H](C)O[C@H](C3CC3)C2)n2ncnc2c1. The fourth-order valence-corrected chi connectivity index (χ4v) is 3.16. The highest BCUT2D eigenvalue weighted by Crippen LogP contribution is 2.37. The predicted octanol–water partition coefficient (Wildman–Crippen LogP) is 2.04. The van der Waals surface area contributed by atoms with Crippen molar-refractivity contribution in [3.05, 3.63) is 24.0 Å². The number of ether oxygens (including phenoxy) is 1. The van der Waals surface area contributed by atoms with E-state index in [9.17, 15) is 0 Å². The maximum absolute atomic E-state index is 6.10. The van der Waals surface area contributed by atoms with Crippen molar-refractivity contribution >= 4 is 11.5 Å². The highest BCUT2D eigenvalue weighted by atomic mass is 16.5. The summed E-state index contributed by atoms with van der Waals surface area (Å²) in [4.78, 5) is 6.72. The van der Waals surface area contributed by atoms with Crippen LogP contribution in [0.4, 0.5) is 5.82 Å². The molecule has 1 saturated heterocycles. The summed E-state index contributed by atoms with van der Waals surface area (Å²) in [6, 6.07) is 4.27. The predicted molar refractivity (Wildman–Crippen MR) is 77.0 cm³/mol. The van der Waals surface area contributed by atoms with Crippen LogP contribution in [0.5, 0.6) is 0 Å². The van der Waals surface area contributed by atoms with Crippen molar-refractivity contribution in [3.8, 4) is 0 Å². The fourth-order valence-electron chi connectivity index (χ4n) is 3.16. The highest BCUT2D eigenvalue weighted by molar-refractivity contribution is 5.53. The van der Waals surface area contributed by atoms with E-state index in [-0.39, 0.29) is 6.10 Å². The zero-order valence-corrected chi connectivity index (χ0v) is 12.0. The molecule has 1 saturated carbocycles. The average molecular weight is 272 g/mol. The van der Waals surface area contributed by atoms with E-state index < -0.39 is 0 Å². The number of hydrogen-bond acceptors (Lipinski definition) is 4. The van der Waals surface area contributed by atoms with Gasteiger partial charge in [0.05, 0.1) is 12.2 Å². The lowest BCUT2D eigenvalue weighted by Gasteiger charge is -2.38. The minimum atomic E-state index is 0.272. The number of hydrogen-bond donors (Lipinski definition) is 0. The summed E-state index contributed by atoms with van der Waals surface area (Å²) in [5, 5.41) is 4.37. The van der Waals surface area contributed by atoms with Gasteiger partial charge >= 0.3 is 0 Å². The molecule has 4 rings (SSSR count). The van der Waals surface area contributed by atoms with Gasteiger partial charge in [0, 0.05) is 13.1 Å². The van der Waals surface area contributed by atoms with Gasteiger partial charge in [-0.25, -0.2) is 4.98 Å². The Morgan fingerprint density at radius 3 is 2.90 bits per heavy atom. The lowest BCUT2D eigenvalue weighted by atomic mass is 10.1. The second kappa shape index (κ2) is 4.45. The number of anilines is 1. The molecule has 1 aliphatic heterocycles. The molecule has 2 atom stereocenters. The van der Waals surface area contributed by atoms with Crippen molar-refractivity contribution in [1.82, 2.24) is 14.6 Å². The molecule has 0 spiro atoms. The van der Waals surface area contributed by atoms with Crippen LogP contribution in [0.3, 0.4) is 0 Å². The molecule has 20 heavy (non-hydrogen) atoms. The number of aromatic nitrogens is 3. The van der Waals surface area contributed by atoms with Gasteiger partial charge in [0.2, 0.25) is 0 Å². The molecule has 2 aromatic rings. The molecule has 0 unspecified atom stereocenters. The third-order valence-corrected chi connectivity index (χ3v) is 4.26. The summed E-state index contributed by atoms with van der Waals surface area (Å²) in [6.45, 7) is 6.16. The first kappa shape index (κ1) is 12.1. The Labute approximate surface area is 118 Å². The first-order valence-electron chi connectivity index (χ1n) is 7.41. The zero-order valence-electron chi connectivity index (χ0n) is 12.0. The van der Waals surface area contributed by atoms with Crippen molar-refractivity contribution in [1.29, 1.82) is 0 Å². The topological polar surface area (TPSA) is 42.7 Å². The zero-order chi connectivity index (χ0) is 13.7. The van der Waals surface area contributed by atoms with Crippen LogP contribution in [0, 0.1) is 12.8 Å². The molecule has 2 fully saturated rings. The molecular formula is C15H20N4O. The van der Waals surface area contributed by atoms with E-state index in [4.69, 9.17) is 4.74 Å². The van der Waals surface area contributed by atoms with Gasteiger partial charge in [0.15, 0.2) is 5.65 Å². The van der Waals surface area contributed by atoms with Gasteiger partial charge in [-0.2, -0.15) is 9.61 Å². The largest absolute Gasteiger partial charge is 0.371 e. The van der Waals surface area contributed by atoms with Crippen LogP contribution >= 0.6 is 0 Å². The van der Waals surface area contributed by atoms with Crippen molar-refractivity contribution in [2.45, 2.75) is 38.9 Å². The Kier molecular flexibility index (Phi) is 2.70. The van der Waals surface area contributed by atoms with Gasteiger partial charge in [-0.1, -0.05) is 0 Å². The molecule has 5 heteroatoms. The Bertz CT molecular complexity index is 634. The van der Waals surface area contributed by atoms with Crippen LogP contribution in [-0.4, -0.2) is 39.9 Å². The van der Waals surface area contributed by atoms with Gasteiger partial charge in [-0.15, -0.1) is 0 Å². The van der Waals surface area contributed by atoms with Gasteiger partial charge in [0.1, 0.15) is 12.1 Å². The molecular weight excluding hydrogens is 252 g/mol. The lowest BCUT2D eigenvalue weighted by Crippen LogP contribution is -2.48. The van der Waals surface area contributed by atoms with Gasteiger partial charge < -0.3 is 9.64 Å². The third-order valence-electron chi connectivity index (χ3n) is 4.26. The Balaban J connectivity index is 1.71. The number of nitrogens with zero attached hydrogens (tertiary/aromatic N) is 4. The quantitative estimate of drug-likeness (QED) is 0.839. The molecule has 0 amide bonds. The van der Waals surface area contributed by atoms with E-state index in [0.717, 1.165) is 30.5 Å². The Morgan fingerprint density at radius 2 is 2.10 bits per heavy atom. The van der Waals surface area contributed by atoms with Crippen LogP contribution in [0.25, 0.3) is 5.65 Å². The molecule has 0 aromatic carbocycles. The van der Waals surface area contributed by atoms with E-state index in [1.165, 1.54) is 18.4 Å². The first-order valence-corrected chi connectivity index (χ1v) is 7.41. The Morgan fingerprint density at radius 1 is 1.25 bits per heavy atom. The molecule has 5 nitrogen and oxygen atoms in total. The van der Waals surface area contributed by atoms with Crippen LogP contribution in [0.1, 0.15) is 25.3 Å². The smallest absolute Gasteiger partial charge is 0.157 e. The number of pyridine rings is 1. The van der Waals surface area contributed by atoms with E-state index in [0.29, 0.717) is 6.10 Å². The summed E-state index contributed by atoms with van der Waals surface area (Å²) in [7, 11) is 0. The van der Waals surface area contributed by atoms with Gasteiger partial charge in [-0.05, 0) is 50.3 Å². The molecule has 2 aromatic heterocycles. The molecule has 106 valence electrons. The van der Waals surface area contributed by atoms with E-state index in [1.807, 2.05) is 4.52 Å². The average Bonchev–Trinajstić information content (AvgIpc) is 3.16. The van der Waals surface area contributed by atoms with Crippen molar-refractivity contribution in [2.75, 3.05) is 18.0 Å². The summed E-state index contributed by atoms with van der Waals surface area (Å²) < 4.78 is 8.04. The number of aryl methyl sites for hydroxylation is 1. The van der Waals surface area contributed by atoms with Gasteiger partial charge in [0.25, 0.3) is 0 Å². The molecule has 0 radical (unpaired) electrons. The van der Waals surface area contributed by atoms with Crippen LogP contribution in [-0.2, 0) is 4.74 Å². The van der Waals surface area contributed by atoms with Crippen LogP contribution < -0.4 is 4.90 Å². The molecule has 2 aliphatic rings. The van der Waals surface area contributed by atoms with Crippen molar-refractivity contribution in [2.24, 2.45) is 5.92 Å². The molecule has 1 aliphatic carbocycles. The summed E-state index contributed by atoms with van der Waals surface area (Å²) >= 11 is 0. The fraction of sp³-hybridized carbons (Fsp3) is 0.600. The maximum Gasteiger partial charge on any atom is 0.157 e. The summed E-state index contributed by atoms with van der Waals surface area (Å²) in [5.41, 5.74) is 2.14. The lowest BCUT2D eigenvalue weighted by molar-refractivity contribution is -0.0274. The summed E-state index contributed by atoms with van der Waals surface area (Å²) in [5.74, 6) is 1.90. The van der Waals surface area contributed by atoms with Gasteiger partial charge in [-0.3, -0.25) is 0 Å². The number of morpholine rings is 1. The Hall–Kier alpha value is -1.62. The normalized spacial score (nSPS) is 27.2. The highest BCUT2D eigenvalue weighted by Gasteiger charge is 2.37. The molecule has 0 N–H and O–H groups in total. The minimum absolute atomic E-state index is 0.272. The number of fused-ring (bicyclic) bond motifs is 1. The minimum Gasteiger partial charge on any atom is -0.371 e.